The molecule has 1 aliphatic heterocycles. The Labute approximate surface area is 135 Å². The third-order valence-corrected chi connectivity index (χ3v) is 3.96. The van der Waals surface area contributed by atoms with Crippen LogP contribution in [0.5, 0.6) is 0 Å². The quantitative estimate of drug-likeness (QED) is 0.534. The molecule has 1 atom stereocenters. The number of nitrogens with one attached hydrogen (secondary N) is 2. The summed E-state index contributed by atoms with van der Waals surface area (Å²) in [6.45, 7) is 12.0. The van der Waals surface area contributed by atoms with Crippen LogP contribution in [0.3, 0.4) is 0 Å². The SMILES string of the molecule is CCNC(=NCCC(=O)N1CCCC1)NC(C)CCC(C)C. The lowest BCUT2D eigenvalue weighted by Crippen LogP contribution is -2.42. The number of rotatable bonds is 8. The number of guanidine groups is 1. The fourth-order valence-electron chi connectivity index (χ4n) is 2.60. The second kappa shape index (κ2) is 10.5. The number of nitrogens with zero attached hydrogens (tertiary/aromatic N) is 2. The molecular weight excluding hydrogens is 276 g/mol. The number of amides is 1. The smallest absolute Gasteiger partial charge is 0.224 e. The molecule has 1 saturated heterocycles. The highest BCUT2D eigenvalue weighted by Gasteiger charge is 2.17. The summed E-state index contributed by atoms with van der Waals surface area (Å²) < 4.78 is 0. The molecular formula is C17H34N4O. The van der Waals surface area contributed by atoms with E-state index in [1.165, 1.54) is 6.42 Å². The average molecular weight is 310 g/mol. The largest absolute Gasteiger partial charge is 0.357 e. The van der Waals surface area contributed by atoms with Crippen molar-refractivity contribution >= 4 is 11.9 Å². The molecule has 2 N–H and O–H groups in total. The normalized spacial score (nSPS) is 17.0. The predicted molar refractivity (Wildman–Crippen MR) is 93.1 cm³/mol. The fourth-order valence-corrected chi connectivity index (χ4v) is 2.60. The minimum absolute atomic E-state index is 0.241. The van der Waals surface area contributed by atoms with Gasteiger partial charge >= 0.3 is 0 Å². The van der Waals surface area contributed by atoms with Gasteiger partial charge in [-0.15, -0.1) is 0 Å². The first-order chi connectivity index (χ1) is 10.5. The van der Waals surface area contributed by atoms with E-state index in [4.69, 9.17) is 0 Å². The molecule has 22 heavy (non-hydrogen) atoms. The molecule has 0 aliphatic carbocycles. The Hall–Kier alpha value is -1.26. The first-order valence-corrected chi connectivity index (χ1v) is 8.85. The Morgan fingerprint density at radius 2 is 1.86 bits per heavy atom. The van der Waals surface area contributed by atoms with Gasteiger partial charge in [0.1, 0.15) is 0 Å². The Balaban J connectivity index is 2.35. The van der Waals surface area contributed by atoms with Crippen molar-refractivity contribution in [3.05, 3.63) is 0 Å². The fraction of sp³-hybridized carbons (Fsp3) is 0.882. The van der Waals surface area contributed by atoms with Crippen LogP contribution in [0, 0.1) is 5.92 Å². The average Bonchev–Trinajstić information content (AvgIpc) is 2.99. The van der Waals surface area contributed by atoms with E-state index in [0.29, 0.717) is 19.0 Å². The van der Waals surface area contributed by atoms with E-state index in [1.807, 2.05) is 4.90 Å². The van der Waals surface area contributed by atoms with Gasteiger partial charge in [0.25, 0.3) is 0 Å². The zero-order valence-electron chi connectivity index (χ0n) is 14.8. The molecule has 1 fully saturated rings. The maximum absolute atomic E-state index is 12.0. The molecule has 0 radical (unpaired) electrons. The third kappa shape index (κ3) is 7.66. The number of hydrogen-bond acceptors (Lipinski definition) is 2. The monoisotopic (exact) mass is 310 g/mol. The van der Waals surface area contributed by atoms with Gasteiger partial charge in [0, 0.05) is 32.1 Å². The molecule has 1 rings (SSSR count). The minimum Gasteiger partial charge on any atom is -0.357 e. The predicted octanol–water partition coefficient (Wildman–Crippen LogP) is 2.38. The van der Waals surface area contributed by atoms with Gasteiger partial charge in [0.05, 0.1) is 6.54 Å². The highest BCUT2D eigenvalue weighted by atomic mass is 16.2. The van der Waals surface area contributed by atoms with Gasteiger partial charge in [-0.1, -0.05) is 13.8 Å². The number of carbonyl (C=O) groups is 1. The maximum Gasteiger partial charge on any atom is 0.224 e. The second-order valence-electron chi connectivity index (χ2n) is 6.62. The summed E-state index contributed by atoms with van der Waals surface area (Å²) in [5, 5.41) is 6.69. The number of hydrogen-bond donors (Lipinski definition) is 2. The van der Waals surface area contributed by atoms with Crippen LogP contribution >= 0.6 is 0 Å². The van der Waals surface area contributed by atoms with Crippen LogP contribution in [-0.4, -0.2) is 49.0 Å². The zero-order valence-corrected chi connectivity index (χ0v) is 14.8. The van der Waals surface area contributed by atoms with Crippen molar-refractivity contribution < 1.29 is 4.79 Å². The Morgan fingerprint density at radius 1 is 1.18 bits per heavy atom. The molecule has 0 aromatic rings. The van der Waals surface area contributed by atoms with Crippen LogP contribution in [0.25, 0.3) is 0 Å². The van der Waals surface area contributed by atoms with Crippen LogP contribution in [0.15, 0.2) is 4.99 Å². The molecule has 0 saturated carbocycles. The Bertz CT molecular complexity index is 349. The standard InChI is InChI=1S/C17H34N4O/c1-5-18-17(20-15(4)9-8-14(2)3)19-11-10-16(22)21-12-6-7-13-21/h14-15H,5-13H2,1-4H3,(H2,18,19,20). The second-order valence-corrected chi connectivity index (χ2v) is 6.62. The Kier molecular flexibility index (Phi) is 8.94. The molecule has 1 aliphatic rings. The summed E-state index contributed by atoms with van der Waals surface area (Å²) >= 11 is 0. The van der Waals surface area contributed by atoms with Gasteiger partial charge in [-0.05, 0) is 45.4 Å². The summed E-state index contributed by atoms with van der Waals surface area (Å²) in [7, 11) is 0. The Morgan fingerprint density at radius 3 is 2.45 bits per heavy atom. The van der Waals surface area contributed by atoms with Gasteiger partial charge < -0.3 is 15.5 Å². The van der Waals surface area contributed by atoms with E-state index in [9.17, 15) is 4.79 Å². The van der Waals surface area contributed by atoms with E-state index in [0.717, 1.165) is 50.8 Å². The number of aliphatic imine (C=N–C) groups is 1. The maximum atomic E-state index is 12.0. The molecule has 0 aromatic heterocycles. The molecule has 1 heterocycles. The topological polar surface area (TPSA) is 56.7 Å². The highest BCUT2D eigenvalue weighted by molar-refractivity contribution is 5.81. The molecule has 0 spiro atoms. The third-order valence-electron chi connectivity index (χ3n) is 3.96. The van der Waals surface area contributed by atoms with E-state index in [1.54, 1.807) is 0 Å². The van der Waals surface area contributed by atoms with Gasteiger partial charge in [-0.2, -0.15) is 0 Å². The van der Waals surface area contributed by atoms with E-state index >= 15 is 0 Å². The van der Waals surface area contributed by atoms with Crippen molar-refractivity contribution in [3.8, 4) is 0 Å². The van der Waals surface area contributed by atoms with Crippen LogP contribution in [0.2, 0.25) is 0 Å². The number of carbonyl (C=O) groups excluding carboxylic acids is 1. The first-order valence-electron chi connectivity index (χ1n) is 8.85. The minimum atomic E-state index is 0.241. The van der Waals surface area contributed by atoms with Crippen molar-refractivity contribution in [2.24, 2.45) is 10.9 Å². The van der Waals surface area contributed by atoms with Gasteiger partial charge in [-0.3, -0.25) is 9.79 Å². The molecule has 5 heteroatoms. The summed E-state index contributed by atoms with van der Waals surface area (Å²) in [6, 6.07) is 0.398. The molecule has 0 bridgehead atoms. The summed E-state index contributed by atoms with van der Waals surface area (Å²) in [4.78, 5) is 18.5. The van der Waals surface area contributed by atoms with Crippen LogP contribution in [0.4, 0.5) is 0 Å². The van der Waals surface area contributed by atoms with Gasteiger partial charge in [0.2, 0.25) is 5.91 Å². The van der Waals surface area contributed by atoms with E-state index in [2.05, 4.69) is 43.3 Å². The zero-order chi connectivity index (χ0) is 16.4. The summed E-state index contributed by atoms with van der Waals surface area (Å²) in [5.41, 5.74) is 0. The van der Waals surface area contributed by atoms with Gasteiger partial charge in [0.15, 0.2) is 5.96 Å². The van der Waals surface area contributed by atoms with Crippen molar-refractivity contribution in [2.45, 2.75) is 65.8 Å². The van der Waals surface area contributed by atoms with E-state index in [-0.39, 0.29) is 5.91 Å². The molecule has 1 unspecified atom stereocenters. The van der Waals surface area contributed by atoms with Crippen LogP contribution in [0.1, 0.15) is 59.8 Å². The number of likely N-dealkylation sites (tertiary alicyclic amines) is 1. The van der Waals surface area contributed by atoms with Crippen LogP contribution in [-0.2, 0) is 4.79 Å². The van der Waals surface area contributed by atoms with Crippen molar-refractivity contribution in [3.63, 3.8) is 0 Å². The van der Waals surface area contributed by atoms with Crippen molar-refractivity contribution in [1.82, 2.24) is 15.5 Å². The molecule has 0 aromatic carbocycles. The van der Waals surface area contributed by atoms with Crippen LogP contribution < -0.4 is 10.6 Å². The highest BCUT2D eigenvalue weighted by Crippen LogP contribution is 2.09. The lowest BCUT2D eigenvalue weighted by molar-refractivity contribution is -0.129. The lowest BCUT2D eigenvalue weighted by Gasteiger charge is -2.19. The summed E-state index contributed by atoms with van der Waals surface area (Å²) in [6.07, 6.45) is 5.14. The summed E-state index contributed by atoms with van der Waals surface area (Å²) in [5.74, 6) is 1.79. The van der Waals surface area contributed by atoms with Gasteiger partial charge in [-0.25, -0.2) is 0 Å². The van der Waals surface area contributed by atoms with Crippen molar-refractivity contribution in [1.29, 1.82) is 0 Å². The van der Waals surface area contributed by atoms with E-state index < -0.39 is 0 Å². The first kappa shape index (κ1) is 18.8. The molecule has 5 nitrogen and oxygen atoms in total. The molecule has 128 valence electrons. The van der Waals surface area contributed by atoms with Crippen molar-refractivity contribution in [2.75, 3.05) is 26.2 Å². The molecule has 1 amide bonds. The lowest BCUT2D eigenvalue weighted by atomic mass is 10.0.